The zero-order valence-corrected chi connectivity index (χ0v) is 11.1. The smallest absolute Gasteiger partial charge is 0.170 e. The van der Waals surface area contributed by atoms with Crippen molar-refractivity contribution >= 4 is 27.6 Å². The quantitative estimate of drug-likeness (QED) is 0.804. The number of rotatable bonds is 4. The van der Waals surface area contributed by atoms with Gasteiger partial charge in [0.2, 0.25) is 0 Å². The molecule has 5 nitrogen and oxygen atoms in total. The molecule has 4 N–H and O–H groups in total. The Kier molecular flexibility index (Phi) is 4.11. The van der Waals surface area contributed by atoms with Crippen LogP contribution in [0.25, 0.3) is 0 Å². The summed E-state index contributed by atoms with van der Waals surface area (Å²) in [7, 11) is 0. The van der Waals surface area contributed by atoms with E-state index in [9.17, 15) is 5.11 Å². The van der Waals surface area contributed by atoms with Crippen LogP contribution in [0, 0.1) is 0 Å². The summed E-state index contributed by atoms with van der Waals surface area (Å²) in [6, 6.07) is 9.33. The highest BCUT2D eigenvalue weighted by Crippen LogP contribution is 2.22. The average molecular weight is 309 g/mol. The van der Waals surface area contributed by atoms with E-state index in [1.807, 2.05) is 30.3 Å². The minimum Gasteiger partial charge on any atom is -0.394 e. The zero-order chi connectivity index (χ0) is 13.0. The molecule has 0 fully saturated rings. The van der Waals surface area contributed by atoms with Crippen LogP contribution in [0.1, 0.15) is 11.6 Å². The first-order chi connectivity index (χ1) is 8.70. The van der Waals surface area contributed by atoms with Crippen molar-refractivity contribution in [3.63, 3.8) is 0 Å². The van der Waals surface area contributed by atoms with E-state index < -0.39 is 0 Å². The van der Waals surface area contributed by atoms with Crippen molar-refractivity contribution in [2.75, 3.05) is 17.7 Å². The van der Waals surface area contributed by atoms with Crippen LogP contribution >= 0.6 is 15.9 Å². The van der Waals surface area contributed by atoms with Crippen molar-refractivity contribution in [2.24, 2.45) is 0 Å². The lowest BCUT2D eigenvalue weighted by molar-refractivity contribution is 0.276. The van der Waals surface area contributed by atoms with Crippen molar-refractivity contribution in [1.82, 2.24) is 9.97 Å². The molecule has 1 heterocycles. The van der Waals surface area contributed by atoms with E-state index in [4.69, 9.17) is 5.73 Å². The fourth-order valence-electron chi connectivity index (χ4n) is 1.57. The Balaban J connectivity index is 2.23. The second-order valence-corrected chi connectivity index (χ2v) is 4.53. The first-order valence-electron chi connectivity index (χ1n) is 5.41. The Bertz CT molecular complexity index is 521. The number of nitrogens with zero attached hydrogens (tertiary/aromatic N) is 2. The van der Waals surface area contributed by atoms with Crippen LogP contribution in [0.3, 0.4) is 0 Å². The SMILES string of the molecule is Nc1ncc(Br)nc1NC(CO)c1ccccc1. The number of nitrogens with one attached hydrogen (secondary N) is 1. The van der Waals surface area contributed by atoms with Gasteiger partial charge in [-0.2, -0.15) is 0 Å². The van der Waals surface area contributed by atoms with E-state index >= 15 is 0 Å². The van der Waals surface area contributed by atoms with E-state index in [1.54, 1.807) is 0 Å². The summed E-state index contributed by atoms with van der Waals surface area (Å²) in [5, 5.41) is 12.5. The Hall–Kier alpha value is -1.66. The maximum absolute atomic E-state index is 9.44. The molecule has 0 bridgehead atoms. The molecule has 0 saturated heterocycles. The average Bonchev–Trinajstić information content (AvgIpc) is 2.41. The summed E-state index contributed by atoms with van der Waals surface area (Å²) >= 11 is 3.23. The molecule has 18 heavy (non-hydrogen) atoms. The molecule has 0 radical (unpaired) electrons. The summed E-state index contributed by atoms with van der Waals surface area (Å²) in [6.45, 7) is -0.0579. The molecule has 0 aliphatic carbocycles. The Labute approximate surface area is 113 Å². The van der Waals surface area contributed by atoms with Gasteiger partial charge in [0.15, 0.2) is 11.6 Å². The lowest BCUT2D eigenvalue weighted by atomic mass is 10.1. The summed E-state index contributed by atoms with van der Waals surface area (Å²) in [5.41, 5.74) is 6.69. The second kappa shape index (κ2) is 5.79. The van der Waals surface area contributed by atoms with Gasteiger partial charge in [0, 0.05) is 0 Å². The van der Waals surface area contributed by atoms with Crippen LogP contribution in [-0.2, 0) is 0 Å². The first-order valence-corrected chi connectivity index (χ1v) is 6.20. The lowest BCUT2D eigenvalue weighted by Gasteiger charge is -2.18. The third-order valence-electron chi connectivity index (χ3n) is 2.47. The number of hydrogen-bond acceptors (Lipinski definition) is 5. The molecule has 0 amide bonds. The van der Waals surface area contributed by atoms with Crippen LogP contribution in [-0.4, -0.2) is 21.7 Å². The predicted octanol–water partition coefficient (Wildman–Crippen LogP) is 1.97. The normalized spacial score (nSPS) is 12.1. The predicted molar refractivity (Wildman–Crippen MR) is 74.0 cm³/mol. The molecule has 1 aromatic heterocycles. The third-order valence-corrected chi connectivity index (χ3v) is 2.85. The molecular formula is C12H13BrN4O. The monoisotopic (exact) mass is 308 g/mol. The van der Waals surface area contributed by atoms with Crippen molar-refractivity contribution in [2.45, 2.75) is 6.04 Å². The number of hydrogen-bond donors (Lipinski definition) is 3. The highest BCUT2D eigenvalue weighted by Gasteiger charge is 2.13. The molecule has 6 heteroatoms. The fraction of sp³-hybridized carbons (Fsp3) is 0.167. The van der Waals surface area contributed by atoms with Crippen LogP contribution in [0.2, 0.25) is 0 Å². The van der Waals surface area contributed by atoms with Gasteiger partial charge in [0.05, 0.1) is 18.8 Å². The molecule has 0 aliphatic rings. The summed E-state index contributed by atoms with van der Waals surface area (Å²) < 4.78 is 0.587. The molecule has 1 aromatic carbocycles. The number of aliphatic hydroxyl groups excluding tert-OH is 1. The Morgan fingerprint density at radius 3 is 2.72 bits per heavy atom. The maximum Gasteiger partial charge on any atom is 0.170 e. The van der Waals surface area contributed by atoms with E-state index in [1.165, 1.54) is 6.20 Å². The number of aliphatic hydroxyl groups is 1. The van der Waals surface area contributed by atoms with Crippen LogP contribution in [0.5, 0.6) is 0 Å². The zero-order valence-electron chi connectivity index (χ0n) is 9.55. The minimum absolute atomic E-state index is 0.0579. The number of aromatic nitrogens is 2. The van der Waals surface area contributed by atoms with Crippen LogP contribution in [0.4, 0.5) is 11.6 Å². The Morgan fingerprint density at radius 1 is 1.33 bits per heavy atom. The highest BCUT2D eigenvalue weighted by molar-refractivity contribution is 9.10. The molecule has 94 valence electrons. The molecular weight excluding hydrogens is 296 g/mol. The molecule has 0 saturated carbocycles. The van der Waals surface area contributed by atoms with Crippen molar-refractivity contribution < 1.29 is 5.11 Å². The van der Waals surface area contributed by atoms with Gasteiger partial charge in [0.25, 0.3) is 0 Å². The van der Waals surface area contributed by atoms with Crippen molar-refractivity contribution in [1.29, 1.82) is 0 Å². The van der Waals surface area contributed by atoms with Gasteiger partial charge >= 0.3 is 0 Å². The van der Waals surface area contributed by atoms with E-state index in [-0.39, 0.29) is 12.6 Å². The summed E-state index contributed by atoms with van der Waals surface area (Å²) in [4.78, 5) is 8.18. The Morgan fingerprint density at radius 2 is 2.06 bits per heavy atom. The molecule has 1 atom stereocenters. The lowest BCUT2D eigenvalue weighted by Crippen LogP contribution is -2.17. The highest BCUT2D eigenvalue weighted by atomic mass is 79.9. The minimum atomic E-state index is -0.267. The second-order valence-electron chi connectivity index (χ2n) is 3.72. The molecule has 2 rings (SSSR count). The number of halogens is 1. The van der Waals surface area contributed by atoms with E-state index in [2.05, 4.69) is 31.2 Å². The maximum atomic E-state index is 9.44. The van der Waals surface area contributed by atoms with Crippen LogP contribution in [0.15, 0.2) is 41.1 Å². The van der Waals surface area contributed by atoms with Gasteiger partial charge in [-0.3, -0.25) is 0 Å². The van der Waals surface area contributed by atoms with E-state index in [0.717, 1.165) is 5.56 Å². The topological polar surface area (TPSA) is 84.1 Å². The summed E-state index contributed by atoms with van der Waals surface area (Å²) in [6.07, 6.45) is 1.52. The van der Waals surface area contributed by atoms with Gasteiger partial charge < -0.3 is 16.2 Å². The third kappa shape index (κ3) is 2.96. The fourth-order valence-corrected chi connectivity index (χ4v) is 1.85. The molecule has 1 unspecified atom stereocenters. The van der Waals surface area contributed by atoms with Crippen molar-refractivity contribution in [3.05, 3.63) is 46.7 Å². The molecule has 0 spiro atoms. The van der Waals surface area contributed by atoms with Gasteiger partial charge in [0.1, 0.15) is 4.60 Å². The largest absolute Gasteiger partial charge is 0.394 e. The number of benzene rings is 1. The van der Waals surface area contributed by atoms with Gasteiger partial charge in [-0.05, 0) is 21.5 Å². The van der Waals surface area contributed by atoms with Gasteiger partial charge in [-0.1, -0.05) is 30.3 Å². The number of nitrogen functional groups attached to an aromatic ring is 1. The first kappa shape index (κ1) is 12.8. The van der Waals surface area contributed by atoms with Gasteiger partial charge in [-0.25, -0.2) is 9.97 Å². The van der Waals surface area contributed by atoms with Gasteiger partial charge in [-0.15, -0.1) is 0 Å². The van der Waals surface area contributed by atoms with Crippen molar-refractivity contribution in [3.8, 4) is 0 Å². The summed E-state index contributed by atoms with van der Waals surface area (Å²) in [5.74, 6) is 0.750. The molecule has 0 aliphatic heterocycles. The number of anilines is 2. The standard InChI is InChI=1S/C12H13BrN4O/c13-10-6-15-11(14)12(17-10)16-9(7-18)8-4-2-1-3-5-8/h1-6,9,18H,7H2,(H2,14,15)(H,16,17). The van der Waals surface area contributed by atoms with E-state index in [0.29, 0.717) is 16.2 Å². The van der Waals surface area contributed by atoms with Crippen LogP contribution < -0.4 is 11.1 Å². The number of nitrogens with two attached hydrogens (primary N) is 1. The molecule has 2 aromatic rings.